The zero-order valence-electron chi connectivity index (χ0n) is 10.2. The van der Waals surface area contributed by atoms with Crippen LogP contribution in [0.2, 0.25) is 0 Å². The van der Waals surface area contributed by atoms with Crippen LogP contribution in [0.5, 0.6) is 0 Å². The number of hydrogen-bond acceptors (Lipinski definition) is 3. The summed E-state index contributed by atoms with van der Waals surface area (Å²) in [5, 5.41) is 1.44. The molecule has 3 aromatic rings. The van der Waals surface area contributed by atoms with Crippen LogP contribution in [0.4, 0.5) is 0 Å². The molecule has 0 saturated carbocycles. The highest BCUT2D eigenvalue weighted by Gasteiger charge is 2.29. The van der Waals surface area contributed by atoms with Crippen molar-refractivity contribution in [3.05, 3.63) is 73.1 Å². The van der Waals surface area contributed by atoms with E-state index in [1.54, 1.807) is 37.2 Å². The lowest BCUT2D eigenvalue weighted by Gasteiger charge is -2.15. The van der Waals surface area contributed by atoms with E-state index in [0.717, 1.165) is 16.2 Å². The molecule has 0 atom stereocenters. The standard InChI is InChI=1S/C15H13O3P/c16-19(14-6-8-17-10-14,15-7-9-18-11-15)12-13-4-2-1-3-5-13/h1-11H,12H2. The minimum Gasteiger partial charge on any atom is -0.472 e. The van der Waals surface area contributed by atoms with E-state index >= 15 is 0 Å². The third kappa shape index (κ3) is 2.29. The Morgan fingerprint density at radius 1 is 0.842 bits per heavy atom. The van der Waals surface area contributed by atoms with Gasteiger partial charge in [0.15, 0.2) is 7.14 Å². The second-order valence-corrected chi connectivity index (χ2v) is 7.17. The van der Waals surface area contributed by atoms with Crippen molar-refractivity contribution in [3.8, 4) is 0 Å². The summed E-state index contributed by atoms with van der Waals surface area (Å²) in [7, 11) is -2.74. The summed E-state index contributed by atoms with van der Waals surface area (Å²) < 4.78 is 23.6. The molecule has 2 heterocycles. The third-order valence-electron chi connectivity index (χ3n) is 3.09. The average Bonchev–Trinajstić information content (AvgIpc) is 3.14. The van der Waals surface area contributed by atoms with Crippen LogP contribution in [0.15, 0.2) is 76.4 Å². The van der Waals surface area contributed by atoms with Crippen LogP contribution in [0, 0.1) is 0 Å². The molecule has 0 unspecified atom stereocenters. The molecule has 0 aliphatic carbocycles. The van der Waals surface area contributed by atoms with Gasteiger partial charge in [-0.05, 0) is 17.7 Å². The zero-order valence-corrected chi connectivity index (χ0v) is 11.1. The molecule has 1 aromatic carbocycles. The number of hydrogen-bond donors (Lipinski definition) is 0. The van der Waals surface area contributed by atoms with Crippen molar-refractivity contribution in [2.75, 3.05) is 0 Å². The maximum Gasteiger partial charge on any atom is 0.153 e. The van der Waals surface area contributed by atoms with Gasteiger partial charge in [-0.3, -0.25) is 0 Å². The van der Waals surface area contributed by atoms with E-state index in [9.17, 15) is 4.57 Å². The highest BCUT2D eigenvalue weighted by atomic mass is 31.2. The molecule has 0 radical (unpaired) electrons. The summed E-state index contributed by atoms with van der Waals surface area (Å²) in [5.74, 6) is 0. The van der Waals surface area contributed by atoms with Crippen LogP contribution >= 0.6 is 7.14 Å². The normalized spacial score (nSPS) is 11.6. The number of furan rings is 2. The molecule has 0 N–H and O–H groups in total. The number of rotatable bonds is 4. The van der Waals surface area contributed by atoms with Gasteiger partial charge in [0.1, 0.15) is 12.5 Å². The van der Waals surface area contributed by atoms with Gasteiger partial charge in [-0.15, -0.1) is 0 Å². The fourth-order valence-corrected chi connectivity index (χ4v) is 4.55. The Morgan fingerprint density at radius 2 is 1.42 bits per heavy atom. The van der Waals surface area contributed by atoms with Crippen LogP contribution < -0.4 is 10.6 Å². The predicted molar refractivity (Wildman–Crippen MR) is 74.4 cm³/mol. The first kappa shape index (κ1) is 12.1. The lowest BCUT2D eigenvalue weighted by molar-refractivity contribution is 0.565. The largest absolute Gasteiger partial charge is 0.472 e. The van der Waals surface area contributed by atoms with Crippen molar-refractivity contribution in [3.63, 3.8) is 0 Å². The van der Waals surface area contributed by atoms with Gasteiger partial charge in [0.2, 0.25) is 0 Å². The molecule has 0 fully saturated rings. The average molecular weight is 272 g/mol. The lowest BCUT2D eigenvalue weighted by Crippen LogP contribution is -2.14. The van der Waals surface area contributed by atoms with Gasteiger partial charge in [0, 0.05) is 6.16 Å². The number of benzene rings is 1. The quantitative estimate of drug-likeness (QED) is 0.684. The molecule has 0 saturated heterocycles. The van der Waals surface area contributed by atoms with Crippen LogP contribution in [0.25, 0.3) is 0 Å². The van der Waals surface area contributed by atoms with E-state index in [1.807, 2.05) is 30.3 Å². The van der Waals surface area contributed by atoms with Crippen molar-refractivity contribution in [1.82, 2.24) is 0 Å². The summed E-state index contributed by atoms with van der Waals surface area (Å²) in [6, 6.07) is 13.3. The van der Waals surface area contributed by atoms with E-state index in [0.29, 0.717) is 6.16 Å². The molecule has 3 rings (SSSR count). The van der Waals surface area contributed by atoms with Crippen LogP contribution in [-0.4, -0.2) is 0 Å². The van der Waals surface area contributed by atoms with Crippen molar-refractivity contribution in [1.29, 1.82) is 0 Å². The summed E-state index contributed by atoms with van der Waals surface area (Å²) >= 11 is 0. The molecule has 19 heavy (non-hydrogen) atoms. The van der Waals surface area contributed by atoms with Gasteiger partial charge in [-0.25, -0.2) is 0 Å². The first-order valence-corrected chi connectivity index (χ1v) is 7.87. The first-order valence-electron chi connectivity index (χ1n) is 5.97. The second kappa shape index (κ2) is 4.94. The maximum atomic E-state index is 13.4. The Bertz CT molecular complexity index is 631. The Morgan fingerprint density at radius 3 is 1.89 bits per heavy atom. The van der Waals surface area contributed by atoms with Gasteiger partial charge in [0.25, 0.3) is 0 Å². The van der Waals surface area contributed by atoms with Crippen LogP contribution in [-0.2, 0) is 10.7 Å². The van der Waals surface area contributed by atoms with Crippen LogP contribution in [0.3, 0.4) is 0 Å². The van der Waals surface area contributed by atoms with Crippen molar-refractivity contribution in [2.45, 2.75) is 6.16 Å². The highest BCUT2D eigenvalue weighted by molar-refractivity contribution is 7.78. The molecular weight excluding hydrogens is 259 g/mol. The Balaban J connectivity index is 2.06. The lowest BCUT2D eigenvalue weighted by atomic mass is 10.2. The molecule has 0 spiro atoms. The summed E-state index contributed by atoms with van der Waals surface area (Å²) in [5.41, 5.74) is 1.04. The Hall–Kier alpha value is -1.99. The predicted octanol–water partition coefficient (Wildman–Crippen LogP) is 3.39. The van der Waals surface area contributed by atoms with Gasteiger partial charge >= 0.3 is 0 Å². The van der Waals surface area contributed by atoms with Gasteiger partial charge < -0.3 is 13.4 Å². The topological polar surface area (TPSA) is 43.4 Å². The van der Waals surface area contributed by atoms with E-state index in [4.69, 9.17) is 8.83 Å². The molecule has 0 aliphatic heterocycles. The second-order valence-electron chi connectivity index (χ2n) is 4.35. The highest BCUT2D eigenvalue weighted by Crippen LogP contribution is 2.47. The zero-order chi connectivity index (χ0) is 13.1. The minimum absolute atomic E-state index is 0.465. The molecule has 0 bridgehead atoms. The van der Waals surface area contributed by atoms with E-state index < -0.39 is 7.14 Å². The maximum absolute atomic E-state index is 13.4. The molecular formula is C15H13O3P. The summed E-state index contributed by atoms with van der Waals surface area (Å²) in [4.78, 5) is 0. The van der Waals surface area contributed by atoms with Crippen LogP contribution in [0.1, 0.15) is 5.56 Å². The fraction of sp³-hybridized carbons (Fsp3) is 0.0667. The van der Waals surface area contributed by atoms with E-state index in [2.05, 4.69) is 0 Å². The molecule has 3 nitrogen and oxygen atoms in total. The Labute approximate surface area is 111 Å². The SMILES string of the molecule is O=P(Cc1ccccc1)(c1ccoc1)c1ccoc1. The molecule has 4 heteroatoms. The summed E-state index contributed by atoms with van der Waals surface area (Å²) in [6.45, 7) is 0. The first-order chi connectivity index (χ1) is 9.29. The Kier molecular flexibility index (Phi) is 3.14. The molecule has 0 aliphatic rings. The minimum atomic E-state index is -2.74. The fourth-order valence-electron chi connectivity index (χ4n) is 2.10. The smallest absolute Gasteiger partial charge is 0.153 e. The van der Waals surface area contributed by atoms with E-state index in [-0.39, 0.29) is 0 Å². The monoisotopic (exact) mass is 272 g/mol. The third-order valence-corrected chi connectivity index (χ3v) is 6.08. The molecule has 2 aromatic heterocycles. The van der Waals surface area contributed by atoms with Gasteiger partial charge in [-0.2, -0.15) is 0 Å². The van der Waals surface area contributed by atoms with E-state index in [1.165, 1.54) is 0 Å². The van der Waals surface area contributed by atoms with Crippen molar-refractivity contribution >= 4 is 17.8 Å². The van der Waals surface area contributed by atoms with Gasteiger partial charge in [0.05, 0.1) is 23.1 Å². The van der Waals surface area contributed by atoms with Gasteiger partial charge in [-0.1, -0.05) is 30.3 Å². The van der Waals surface area contributed by atoms with Crippen molar-refractivity contribution < 1.29 is 13.4 Å². The molecule has 0 amide bonds. The molecule has 96 valence electrons. The summed E-state index contributed by atoms with van der Waals surface area (Å²) in [6.07, 6.45) is 6.67. The van der Waals surface area contributed by atoms with Crippen molar-refractivity contribution in [2.24, 2.45) is 0 Å².